The summed E-state index contributed by atoms with van der Waals surface area (Å²) in [6.07, 6.45) is 0. The Morgan fingerprint density at radius 2 is 2.19 bits per heavy atom. The molecule has 0 bridgehead atoms. The third-order valence-corrected chi connectivity index (χ3v) is 3.11. The van der Waals surface area contributed by atoms with Crippen LogP contribution in [0, 0.1) is 0 Å². The van der Waals surface area contributed by atoms with Crippen molar-refractivity contribution >= 4 is 28.9 Å². The molecule has 0 saturated carbocycles. The highest BCUT2D eigenvalue weighted by atomic mass is 35.5. The lowest BCUT2D eigenvalue weighted by Gasteiger charge is -1.98. The summed E-state index contributed by atoms with van der Waals surface area (Å²) in [5.74, 6) is -1.24. The summed E-state index contributed by atoms with van der Waals surface area (Å²) in [5.41, 5.74) is 0.430. The first-order valence-corrected chi connectivity index (χ1v) is 5.54. The third kappa shape index (κ3) is 2.00. The molecule has 82 valence electrons. The topological polar surface area (TPSA) is 70.2 Å². The monoisotopic (exact) mass is 255 g/mol. The Hall–Kier alpha value is -1.59. The lowest BCUT2D eigenvalue weighted by Crippen LogP contribution is -2.17. The van der Waals surface area contributed by atoms with E-state index >= 15 is 0 Å². The van der Waals surface area contributed by atoms with Gasteiger partial charge in [-0.1, -0.05) is 11.6 Å². The Bertz CT molecular complexity index is 602. The number of carboxylic acid groups (broad SMARTS) is 1. The van der Waals surface area contributed by atoms with E-state index < -0.39 is 11.5 Å². The van der Waals surface area contributed by atoms with E-state index in [0.29, 0.717) is 10.0 Å². The molecule has 0 aliphatic heterocycles. The van der Waals surface area contributed by atoms with Crippen molar-refractivity contribution in [2.24, 2.45) is 0 Å². The van der Waals surface area contributed by atoms with Crippen LogP contribution < -0.4 is 5.56 Å². The van der Waals surface area contributed by atoms with E-state index in [1.54, 1.807) is 17.5 Å². The summed E-state index contributed by atoms with van der Waals surface area (Å²) in [5, 5.41) is 10.5. The molecule has 0 atom stereocenters. The normalized spacial score (nSPS) is 10.3. The van der Waals surface area contributed by atoms with Crippen LogP contribution in [0.5, 0.6) is 0 Å². The van der Waals surface area contributed by atoms with E-state index in [1.165, 1.54) is 17.4 Å². The first-order chi connectivity index (χ1) is 7.58. The summed E-state index contributed by atoms with van der Waals surface area (Å²) >= 11 is 7.11. The third-order valence-electron chi connectivity index (χ3n) is 2.02. The van der Waals surface area contributed by atoms with Crippen molar-refractivity contribution < 1.29 is 9.90 Å². The highest BCUT2D eigenvalue weighted by molar-refractivity contribution is 7.14. The molecular weight excluding hydrogens is 250 g/mol. The fraction of sp³-hybridized carbons (Fsp3) is 0. The van der Waals surface area contributed by atoms with Gasteiger partial charge in [0.05, 0.1) is 4.34 Å². The van der Waals surface area contributed by atoms with Gasteiger partial charge < -0.3 is 10.1 Å². The van der Waals surface area contributed by atoms with Gasteiger partial charge in [0.2, 0.25) is 0 Å². The second-order valence-electron chi connectivity index (χ2n) is 3.06. The molecule has 2 rings (SSSR count). The Labute approximate surface area is 99.1 Å². The maximum absolute atomic E-state index is 11.4. The van der Waals surface area contributed by atoms with E-state index in [2.05, 4.69) is 4.98 Å². The van der Waals surface area contributed by atoms with Crippen molar-refractivity contribution in [3.63, 3.8) is 0 Å². The maximum Gasteiger partial charge on any atom is 0.341 e. The molecule has 0 spiro atoms. The Balaban J connectivity index is 2.50. The first-order valence-electron chi connectivity index (χ1n) is 4.29. The Kier molecular flexibility index (Phi) is 2.80. The minimum absolute atomic E-state index is 0.273. The van der Waals surface area contributed by atoms with Crippen LogP contribution in [0.3, 0.4) is 0 Å². The molecule has 2 N–H and O–H groups in total. The molecule has 6 heteroatoms. The average molecular weight is 256 g/mol. The number of hydrogen-bond donors (Lipinski definition) is 2. The van der Waals surface area contributed by atoms with E-state index in [9.17, 15) is 9.59 Å². The molecule has 0 aromatic carbocycles. The molecule has 0 aliphatic carbocycles. The van der Waals surface area contributed by atoms with Crippen molar-refractivity contribution in [1.29, 1.82) is 0 Å². The number of carbonyl (C=O) groups is 1. The molecule has 2 aromatic heterocycles. The van der Waals surface area contributed by atoms with Crippen LogP contribution in [0.15, 0.2) is 28.4 Å². The smallest absolute Gasteiger partial charge is 0.341 e. The zero-order valence-electron chi connectivity index (χ0n) is 7.86. The second-order valence-corrected chi connectivity index (χ2v) is 4.60. The van der Waals surface area contributed by atoms with Crippen LogP contribution in [0.25, 0.3) is 11.3 Å². The molecule has 0 saturated heterocycles. The van der Waals surface area contributed by atoms with Crippen molar-refractivity contribution in [2.45, 2.75) is 0 Å². The zero-order chi connectivity index (χ0) is 11.7. The highest BCUT2D eigenvalue weighted by Crippen LogP contribution is 2.26. The molecule has 4 nitrogen and oxygen atoms in total. The number of rotatable bonds is 2. The van der Waals surface area contributed by atoms with Gasteiger partial charge in [0.15, 0.2) is 0 Å². The van der Waals surface area contributed by atoms with Crippen LogP contribution in [-0.2, 0) is 0 Å². The number of nitrogens with one attached hydrogen (secondary N) is 1. The number of halogens is 1. The number of carboxylic acids is 1. The van der Waals surface area contributed by atoms with Gasteiger partial charge in [-0.25, -0.2) is 4.79 Å². The van der Waals surface area contributed by atoms with E-state index in [0.717, 1.165) is 5.56 Å². The van der Waals surface area contributed by atoms with Crippen LogP contribution in [-0.4, -0.2) is 16.1 Å². The standard InChI is InChI=1S/C10H6ClNO3S/c11-8-3-5(4-16-8)7-2-1-6(10(14)15)9(13)12-7/h1-4H,(H,12,13)(H,14,15). The van der Waals surface area contributed by atoms with Crippen molar-refractivity contribution in [2.75, 3.05) is 0 Å². The fourth-order valence-electron chi connectivity index (χ4n) is 1.26. The molecule has 0 radical (unpaired) electrons. The molecule has 16 heavy (non-hydrogen) atoms. The molecule has 0 unspecified atom stereocenters. The van der Waals surface area contributed by atoms with Crippen molar-refractivity contribution in [3.8, 4) is 11.3 Å². The fourth-order valence-corrected chi connectivity index (χ4v) is 2.14. The number of aromatic carboxylic acids is 1. The molecule has 2 heterocycles. The van der Waals surface area contributed by atoms with Gasteiger partial charge in [-0.3, -0.25) is 4.79 Å². The average Bonchev–Trinajstić information content (AvgIpc) is 2.64. The number of pyridine rings is 1. The Morgan fingerprint density at radius 1 is 1.44 bits per heavy atom. The lowest BCUT2D eigenvalue weighted by atomic mass is 10.2. The van der Waals surface area contributed by atoms with Crippen LogP contribution >= 0.6 is 22.9 Å². The second kappa shape index (κ2) is 4.11. The van der Waals surface area contributed by atoms with E-state index in [-0.39, 0.29) is 5.56 Å². The maximum atomic E-state index is 11.4. The van der Waals surface area contributed by atoms with Gasteiger partial charge in [0.25, 0.3) is 5.56 Å². The summed E-state index contributed by atoms with van der Waals surface area (Å²) < 4.78 is 0.609. The minimum atomic E-state index is -1.24. The summed E-state index contributed by atoms with van der Waals surface area (Å²) in [6.45, 7) is 0. The van der Waals surface area contributed by atoms with E-state index in [1.807, 2.05) is 0 Å². The molecule has 2 aromatic rings. The molecule has 0 fully saturated rings. The highest BCUT2D eigenvalue weighted by Gasteiger charge is 2.09. The summed E-state index contributed by atoms with van der Waals surface area (Å²) in [4.78, 5) is 24.5. The number of hydrogen-bond acceptors (Lipinski definition) is 3. The van der Waals surface area contributed by atoms with Gasteiger partial charge in [0.1, 0.15) is 5.56 Å². The molecule has 0 amide bonds. The number of aromatic amines is 1. The molecular formula is C10H6ClNO3S. The van der Waals surface area contributed by atoms with Crippen molar-refractivity contribution in [3.05, 3.63) is 43.8 Å². The van der Waals surface area contributed by atoms with Crippen LogP contribution in [0.2, 0.25) is 4.34 Å². The zero-order valence-corrected chi connectivity index (χ0v) is 9.43. The minimum Gasteiger partial charge on any atom is -0.477 e. The SMILES string of the molecule is O=C(O)c1ccc(-c2csc(Cl)c2)[nH]c1=O. The first kappa shape index (κ1) is 10.9. The van der Waals surface area contributed by atoms with Gasteiger partial charge in [-0.05, 0) is 18.2 Å². The number of aromatic nitrogens is 1. The Morgan fingerprint density at radius 3 is 2.69 bits per heavy atom. The van der Waals surface area contributed by atoms with Crippen LogP contribution in [0.1, 0.15) is 10.4 Å². The molecule has 0 aliphatic rings. The van der Waals surface area contributed by atoms with E-state index in [4.69, 9.17) is 16.7 Å². The summed E-state index contributed by atoms with van der Waals surface area (Å²) in [6, 6.07) is 4.53. The summed E-state index contributed by atoms with van der Waals surface area (Å²) in [7, 11) is 0. The number of H-pyrrole nitrogens is 1. The van der Waals surface area contributed by atoms with Gasteiger partial charge >= 0.3 is 5.97 Å². The number of thiophene rings is 1. The van der Waals surface area contributed by atoms with Gasteiger partial charge in [0, 0.05) is 16.6 Å². The lowest BCUT2D eigenvalue weighted by molar-refractivity contribution is 0.0695. The quantitative estimate of drug-likeness (QED) is 0.866. The van der Waals surface area contributed by atoms with Crippen LogP contribution in [0.4, 0.5) is 0 Å². The van der Waals surface area contributed by atoms with Crippen molar-refractivity contribution in [1.82, 2.24) is 4.98 Å². The van der Waals surface area contributed by atoms with Gasteiger partial charge in [-0.15, -0.1) is 11.3 Å². The predicted octanol–water partition coefficient (Wildman–Crippen LogP) is 2.46. The predicted molar refractivity (Wildman–Crippen MR) is 62.3 cm³/mol. The van der Waals surface area contributed by atoms with Gasteiger partial charge in [-0.2, -0.15) is 0 Å². The largest absolute Gasteiger partial charge is 0.477 e.